The summed E-state index contributed by atoms with van der Waals surface area (Å²) < 4.78 is 4.94. The van der Waals surface area contributed by atoms with Gasteiger partial charge in [-0.15, -0.1) is 24.0 Å². The second-order valence-electron chi connectivity index (χ2n) is 8.71. The van der Waals surface area contributed by atoms with E-state index in [9.17, 15) is 0 Å². The molecular formula is C21H39IN6O. The lowest BCUT2D eigenvalue weighted by Gasteiger charge is -2.40. The zero-order chi connectivity index (χ0) is 19.9. The van der Waals surface area contributed by atoms with Gasteiger partial charge >= 0.3 is 0 Å². The highest BCUT2D eigenvalue weighted by Gasteiger charge is 2.27. The highest BCUT2D eigenvalue weighted by atomic mass is 127. The molecule has 166 valence electrons. The largest absolute Gasteiger partial charge is 0.364 e. The first-order valence-corrected chi connectivity index (χ1v) is 10.9. The predicted octanol–water partition coefficient (Wildman–Crippen LogP) is 2.74. The molecule has 1 aromatic rings. The summed E-state index contributed by atoms with van der Waals surface area (Å²) in [6, 6.07) is 2.51. The van der Waals surface area contributed by atoms with Crippen LogP contribution >= 0.6 is 24.0 Å². The standard InChI is InChI=1S/C21H38N6O.HI/c1-17(2)20(26-8-5-18(3)6-9-26)15-23-21(22-4)27-12-10-25(11-13-27)16-19-7-14-28-24-19;/h7,14,17-18,20H,5-6,8-13,15-16H2,1-4H3,(H,22,23);1H. The van der Waals surface area contributed by atoms with Crippen molar-refractivity contribution in [3.8, 4) is 0 Å². The number of guanidine groups is 1. The van der Waals surface area contributed by atoms with E-state index in [-0.39, 0.29) is 24.0 Å². The number of nitrogens with zero attached hydrogens (tertiary/aromatic N) is 5. The molecule has 7 nitrogen and oxygen atoms in total. The summed E-state index contributed by atoms with van der Waals surface area (Å²) in [5, 5.41) is 7.70. The first-order valence-electron chi connectivity index (χ1n) is 10.9. The molecule has 0 aromatic carbocycles. The zero-order valence-electron chi connectivity index (χ0n) is 18.5. The molecule has 0 bridgehead atoms. The van der Waals surface area contributed by atoms with Gasteiger partial charge in [0, 0.05) is 58.4 Å². The molecule has 3 heterocycles. The van der Waals surface area contributed by atoms with E-state index in [1.807, 2.05) is 13.1 Å². The number of hydrogen-bond donors (Lipinski definition) is 1. The second-order valence-corrected chi connectivity index (χ2v) is 8.71. The van der Waals surface area contributed by atoms with E-state index < -0.39 is 0 Å². The Kier molecular flexibility index (Phi) is 10.2. The second kappa shape index (κ2) is 12.1. The number of aromatic nitrogens is 1. The van der Waals surface area contributed by atoms with Crippen LogP contribution in [0.25, 0.3) is 0 Å². The van der Waals surface area contributed by atoms with Crippen molar-refractivity contribution in [3.63, 3.8) is 0 Å². The molecule has 1 N–H and O–H groups in total. The molecule has 2 aliphatic heterocycles. The Morgan fingerprint density at radius 1 is 1.21 bits per heavy atom. The van der Waals surface area contributed by atoms with E-state index in [0.717, 1.165) is 56.8 Å². The third-order valence-corrected chi connectivity index (χ3v) is 6.29. The van der Waals surface area contributed by atoms with Gasteiger partial charge in [0.15, 0.2) is 5.96 Å². The van der Waals surface area contributed by atoms with E-state index in [1.165, 1.54) is 25.9 Å². The molecule has 8 heteroatoms. The number of likely N-dealkylation sites (tertiary alicyclic amines) is 1. The van der Waals surface area contributed by atoms with Gasteiger partial charge in [0.25, 0.3) is 0 Å². The van der Waals surface area contributed by atoms with Crippen molar-refractivity contribution in [1.82, 2.24) is 25.2 Å². The third kappa shape index (κ3) is 7.10. The maximum Gasteiger partial charge on any atom is 0.193 e. The van der Waals surface area contributed by atoms with Gasteiger partial charge in [-0.2, -0.15) is 0 Å². The minimum Gasteiger partial charge on any atom is -0.364 e. The average molecular weight is 518 g/mol. The molecule has 0 amide bonds. The van der Waals surface area contributed by atoms with Crippen molar-refractivity contribution in [1.29, 1.82) is 0 Å². The van der Waals surface area contributed by atoms with Gasteiger partial charge in [-0.1, -0.05) is 25.9 Å². The van der Waals surface area contributed by atoms with Crippen LogP contribution in [0.3, 0.4) is 0 Å². The Labute approximate surface area is 193 Å². The Hall–Kier alpha value is -0.870. The van der Waals surface area contributed by atoms with Gasteiger partial charge in [0.05, 0.1) is 5.69 Å². The Balaban J connectivity index is 0.00000300. The fraction of sp³-hybridized carbons (Fsp3) is 0.810. The van der Waals surface area contributed by atoms with E-state index in [4.69, 9.17) is 4.52 Å². The van der Waals surface area contributed by atoms with E-state index in [2.05, 4.69) is 50.9 Å². The lowest BCUT2D eigenvalue weighted by molar-refractivity contribution is 0.108. The summed E-state index contributed by atoms with van der Waals surface area (Å²) in [4.78, 5) is 12.1. The SMILES string of the molecule is CN=C(NCC(C(C)C)N1CCC(C)CC1)N1CCN(Cc2ccon2)CC1.I. The minimum absolute atomic E-state index is 0. The molecule has 1 aromatic heterocycles. The molecular weight excluding hydrogens is 479 g/mol. The van der Waals surface area contributed by atoms with Crippen LogP contribution < -0.4 is 5.32 Å². The summed E-state index contributed by atoms with van der Waals surface area (Å²) in [7, 11) is 1.90. The molecule has 2 saturated heterocycles. The Morgan fingerprint density at radius 2 is 1.90 bits per heavy atom. The van der Waals surface area contributed by atoms with Crippen molar-refractivity contribution < 1.29 is 4.52 Å². The smallest absolute Gasteiger partial charge is 0.193 e. The van der Waals surface area contributed by atoms with Crippen LogP contribution in [-0.2, 0) is 6.54 Å². The Morgan fingerprint density at radius 3 is 2.45 bits per heavy atom. The van der Waals surface area contributed by atoms with E-state index in [1.54, 1.807) is 6.26 Å². The highest BCUT2D eigenvalue weighted by molar-refractivity contribution is 14.0. The van der Waals surface area contributed by atoms with Crippen LogP contribution in [-0.4, -0.2) is 84.7 Å². The molecule has 29 heavy (non-hydrogen) atoms. The van der Waals surface area contributed by atoms with Crippen LogP contribution in [0, 0.1) is 11.8 Å². The van der Waals surface area contributed by atoms with Crippen LogP contribution in [0.15, 0.2) is 21.8 Å². The monoisotopic (exact) mass is 518 g/mol. The van der Waals surface area contributed by atoms with Crippen molar-refractivity contribution in [2.45, 2.75) is 46.2 Å². The van der Waals surface area contributed by atoms with Crippen LogP contribution in [0.4, 0.5) is 0 Å². The molecule has 0 spiro atoms. The normalized spacial score (nSPS) is 21.3. The topological polar surface area (TPSA) is 60.1 Å². The number of rotatable bonds is 6. The van der Waals surface area contributed by atoms with E-state index in [0.29, 0.717) is 12.0 Å². The van der Waals surface area contributed by atoms with Crippen LogP contribution in [0.1, 0.15) is 39.3 Å². The lowest BCUT2D eigenvalue weighted by atomic mass is 9.94. The van der Waals surface area contributed by atoms with Gasteiger partial charge in [-0.25, -0.2) is 0 Å². The molecule has 2 aliphatic rings. The first kappa shape index (κ1) is 24.4. The maximum atomic E-state index is 4.94. The molecule has 3 rings (SSSR count). The van der Waals surface area contributed by atoms with Gasteiger partial charge in [-0.3, -0.25) is 14.8 Å². The van der Waals surface area contributed by atoms with Crippen LogP contribution in [0.5, 0.6) is 0 Å². The molecule has 0 aliphatic carbocycles. The zero-order valence-corrected chi connectivity index (χ0v) is 20.8. The van der Waals surface area contributed by atoms with Gasteiger partial charge in [-0.05, 0) is 37.8 Å². The third-order valence-electron chi connectivity index (χ3n) is 6.29. The molecule has 0 radical (unpaired) electrons. The number of halogens is 1. The van der Waals surface area contributed by atoms with Crippen molar-refractivity contribution in [3.05, 3.63) is 18.0 Å². The maximum absolute atomic E-state index is 4.94. The summed E-state index contributed by atoms with van der Waals surface area (Å²) in [6.45, 7) is 15.4. The summed E-state index contributed by atoms with van der Waals surface area (Å²) in [5.41, 5.74) is 1.01. The van der Waals surface area contributed by atoms with Gasteiger partial charge < -0.3 is 14.7 Å². The fourth-order valence-corrected chi connectivity index (χ4v) is 4.34. The molecule has 0 saturated carbocycles. The Bertz CT molecular complexity index is 592. The van der Waals surface area contributed by atoms with Crippen molar-refractivity contribution in [2.75, 3.05) is 52.9 Å². The molecule has 1 unspecified atom stereocenters. The number of aliphatic imine (C=N–C) groups is 1. The van der Waals surface area contributed by atoms with Crippen molar-refractivity contribution in [2.24, 2.45) is 16.8 Å². The number of nitrogens with one attached hydrogen (secondary N) is 1. The summed E-state index contributed by atoms with van der Waals surface area (Å²) in [6.07, 6.45) is 4.29. The average Bonchev–Trinajstić information content (AvgIpc) is 3.20. The fourth-order valence-electron chi connectivity index (χ4n) is 4.34. The minimum atomic E-state index is 0. The van der Waals surface area contributed by atoms with Gasteiger partial charge in [0.2, 0.25) is 0 Å². The number of piperidine rings is 1. The quantitative estimate of drug-likeness (QED) is 0.355. The van der Waals surface area contributed by atoms with Crippen molar-refractivity contribution >= 4 is 29.9 Å². The number of piperazine rings is 1. The van der Waals surface area contributed by atoms with E-state index >= 15 is 0 Å². The first-order chi connectivity index (χ1) is 13.6. The van der Waals surface area contributed by atoms with Crippen LogP contribution in [0.2, 0.25) is 0 Å². The molecule has 2 fully saturated rings. The summed E-state index contributed by atoms with van der Waals surface area (Å²) >= 11 is 0. The summed E-state index contributed by atoms with van der Waals surface area (Å²) in [5.74, 6) is 2.55. The number of hydrogen-bond acceptors (Lipinski definition) is 5. The lowest BCUT2D eigenvalue weighted by Crippen LogP contribution is -2.55. The predicted molar refractivity (Wildman–Crippen MR) is 129 cm³/mol. The van der Waals surface area contributed by atoms with Gasteiger partial charge in [0.1, 0.15) is 6.26 Å². The highest BCUT2D eigenvalue weighted by Crippen LogP contribution is 2.21. The molecule has 1 atom stereocenters.